The summed E-state index contributed by atoms with van der Waals surface area (Å²) in [4.78, 5) is 23.3. The molecule has 1 atom stereocenters. The first-order valence-corrected chi connectivity index (χ1v) is 6.80. The zero-order valence-corrected chi connectivity index (χ0v) is 11.9. The molecule has 0 spiro atoms. The summed E-state index contributed by atoms with van der Waals surface area (Å²) in [5.74, 6) is -1.55. The van der Waals surface area contributed by atoms with E-state index in [2.05, 4.69) is 0 Å². The Bertz CT molecular complexity index is 673. The van der Waals surface area contributed by atoms with Crippen molar-refractivity contribution in [2.75, 3.05) is 7.11 Å². The summed E-state index contributed by atoms with van der Waals surface area (Å²) in [5.41, 5.74) is 0. The van der Waals surface area contributed by atoms with Gasteiger partial charge in [0.25, 0.3) is 0 Å². The lowest BCUT2D eigenvalue weighted by Crippen LogP contribution is -2.13. The Morgan fingerprint density at radius 3 is 2.65 bits per heavy atom. The van der Waals surface area contributed by atoms with Gasteiger partial charge < -0.3 is 14.9 Å². The molecule has 0 fully saturated rings. The van der Waals surface area contributed by atoms with Crippen LogP contribution in [-0.4, -0.2) is 29.1 Å². The molecule has 0 saturated heterocycles. The standard InChI is InChI=1S/C14H14O5S/c1-7(14(17)18)3-10(16)13-5-8-4-9(15)11(19-2)6-12(8)20-13/h4-7,15H,3H2,1-2H3,(H,17,18)/t7-/m1/s1. The number of thiophene rings is 1. The third-order valence-electron chi connectivity index (χ3n) is 3.01. The molecular formula is C14H14O5S. The largest absolute Gasteiger partial charge is 0.504 e. The Morgan fingerprint density at radius 2 is 2.05 bits per heavy atom. The van der Waals surface area contributed by atoms with Crippen molar-refractivity contribution < 1.29 is 24.5 Å². The predicted octanol–water partition coefficient (Wildman–Crippen LogP) is 2.91. The summed E-state index contributed by atoms with van der Waals surface area (Å²) in [6.45, 7) is 1.50. The number of carboxylic acids is 1. The molecule has 0 radical (unpaired) electrons. The van der Waals surface area contributed by atoms with Crippen LogP contribution in [-0.2, 0) is 4.79 Å². The fourth-order valence-electron chi connectivity index (χ4n) is 1.82. The van der Waals surface area contributed by atoms with E-state index in [1.165, 1.54) is 31.4 Å². The van der Waals surface area contributed by atoms with Gasteiger partial charge in [0.15, 0.2) is 17.3 Å². The zero-order valence-electron chi connectivity index (χ0n) is 11.0. The van der Waals surface area contributed by atoms with E-state index >= 15 is 0 Å². The number of rotatable bonds is 5. The van der Waals surface area contributed by atoms with Crippen molar-refractivity contribution in [3.05, 3.63) is 23.1 Å². The van der Waals surface area contributed by atoms with Gasteiger partial charge in [0.1, 0.15) is 0 Å². The van der Waals surface area contributed by atoms with Gasteiger partial charge in [0.05, 0.1) is 17.9 Å². The number of ether oxygens (including phenoxy) is 1. The fourth-order valence-corrected chi connectivity index (χ4v) is 2.84. The second-order valence-electron chi connectivity index (χ2n) is 4.54. The summed E-state index contributed by atoms with van der Waals surface area (Å²) in [7, 11) is 1.45. The van der Waals surface area contributed by atoms with Gasteiger partial charge in [0.2, 0.25) is 0 Å². The second kappa shape index (κ2) is 5.50. The number of ketones is 1. The van der Waals surface area contributed by atoms with Gasteiger partial charge in [-0.2, -0.15) is 0 Å². The van der Waals surface area contributed by atoms with Crippen LogP contribution in [0.25, 0.3) is 10.1 Å². The Kier molecular flexibility index (Phi) is 3.94. The number of hydrogen-bond donors (Lipinski definition) is 2. The molecule has 0 unspecified atom stereocenters. The third-order valence-corrected chi connectivity index (χ3v) is 4.14. The van der Waals surface area contributed by atoms with Crippen molar-refractivity contribution in [1.29, 1.82) is 0 Å². The summed E-state index contributed by atoms with van der Waals surface area (Å²) >= 11 is 1.26. The normalized spacial score (nSPS) is 12.3. The molecule has 106 valence electrons. The van der Waals surface area contributed by atoms with Gasteiger partial charge in [-0.05, 0) is 17.5 Å². The van der Waals surface area contributed by atoms with E-state index in [1.54, 1.807) is 12.1 Å². The molecule has 0 aliphatic heterocycles. The van der Waals surface area contributed by atoms with Crippen LogP contribution < -0.4 is 4.74 Å². The van der Waals surface area contributed by atoms with E-state index in [0.29, 0.717) is 10.6 Å². The maximum atomic E-state index is 12.0. The van der Waals surface area contributed by atoms with E-state index in [0.717, 1.165) is 10.1 Å². The molecule has 20 heavy (non-hydrogen) atoms. The molecule has 1 heterocycles. The summed E-state index contributed by atoms with van der Waals surface area (Å²) in [6.07, 6.45) is -0.0364. The number of aliphatic carboxylic acids is 1. The molecule has 1 aromatic carbocycles. The van der Waals surface area contributed by atoms with E-state index in [4.69, 9.17) is 9.84 Å². The number of fused-ring (bicyclic) bond motifs is 1. The first-order valence-electron chi connectivity index (χ1n) is 5.99. The summed E-state index contributed by atoms with van der Waals surface area (Å²) in [5, 5.41) is 19.3. The van der Waals surface area contributed by atoms with Crippen molar-refractivity contribution in [3.63, 3.8) is 0 Å². The minimum atomic E-state index is -0.987. The summed E-state index contributed by atoms with van der Waals surface area (Å²) in [6, 6.07) is 4.85. The highest BCUT2D eigenvalue weighted by atomic mass is 32.1. The topological polar surface area (TPSA) is 83.8 Å². The Labute approximate surface area is 119 Å². The quantitative estimate of drug-likeness (QED) is 0.828. The molecule has 0 amide bonds. The number of benzene rings is 1. The first kappa shape index (κ1) is 14.3. The molecule has 6 heteroatoms. The molecule has 0 aliphatic rings. The number of carboxylic acid groups (broad SMARTS) is 1. The SMILES string of the molecule is COc1cc2sc(C(=O)C[C@@H](C)C(=O)O)cc2cc1O. The molecule has 1 aromatic heterocycles. The van der Waals surface area contributed by atoms with Crippen LogP contribution in [0.5, 0.6) is 11.5 Å². The van der Waals surface area contributed by atoms with Crippen molar-refractivity contribution >= 4 is 33.2 Å². The molecule has 2 N–H and O–H groups in total. The first-order chi connectivity index (χ1) is 9.42. The molecule has 5 nitrogen and oxygen atoms in total. The van der Waals surface area contributed by atoms with Crippen molar-refractivity contribution in [2.45, 2.75) is 13.3 Å². The Balaban J connectivity index is 2.32. The average Bonchev–Trinajstić information content (AvgIpc) is 2.80. The fraction of sp³-hybridized carbons (Fsp3) is 0.286. The van der Waals surface area contributed by atoms with Gasteiger partial charge in [-0.1, -0.05) is 6.92 Å². The van der Waals surface area contributed by atoms with Crippen LogP contribution in [0.4, 0.5) is 0 Å². The number of aromatic hydroxyl groups is 1. The number of Topliss-reactive ketones (excluding diaryl/α,β-unsaturated/α-hetero) is 1. The average molecular weight is 294 g/mol. The molecule has 2 aromatic rings. The van der Waals surface area contributed by atoms with Crippen molar-refractivity contribution in [3.8, 4) is 11.5 Å². The van der Waals surface area contributed by atoms with Crippen LogP contribution in [0.1, 0.15) is 23.0 Å². The maximum Gasteiger partial charge on any atom is 0.306 e. The number of phenolic OH excluding ortho intramolecular Hbond substituents is 1. The van der Waals surface area contributed by atoms with Gasteiger partial charge >= 0.3 is 5.97 Å². The lowest BCUT2D eigenvalue weighted by atomic mass is 10.0. The summed E-state index contributed by atoms with van der Waals surface area (Å²) < 4.78 is 5.82. The minimum Gasteiger partial charge on any atom is -0.504 e. The molecule has 2 rings (SSSR count). The highest BCUT2D eigenvalue weighted by Gasteiger charge is 2.19. The van der Waals surface area contributed by atoms with Gasteiger partial charge in [-0.25, -0.2) is 0 Å². The predicted molar refractivity (Wildman–Crippen MR) is 75.8 cm³/mol. The smallest absolute Gasteiger partial charge is 0.306 e. The molecular weight excluding hydrogens is 280 g/mol. The van der Waals surface area contributed by atoms with E-state index in [9.17, 15) is 14.7 Å². The van der Waals surface area contributed by atoms with Gasteiger partial charge in [-0.15, -0.1) is 11.3 Å². The number of hydrogen-bond acceptors (Lipinski definition) is 5. The number of carbonyl (C=O) groups excluding carboxylic acids is 1. The Hall–Kier alpha value is -2.08. The minimum absolute atomic E-state index is 0.00991. The lowest BCUT2D eigenvalue weighted by molar-refractivity contribution is -0.141. The highest BCUT2D eigenvalue weighted by molar-refractivity contribution is 7.20. The molecule has 0 bridgehead atoms. The molecule has 0 saturated carbocycles. The van der Waals surface area contributed by atoms with Crippen LogP contribution in [0.2, 0.25) is 0 Å². The van der Waals surface area contributed by atoms with E-state index in [-0.39, 0.29) is 18.0 Å². The van der Waals surface area contributed by atoms with E-state index in [1.807, 2.05) is 0 Å². The van der Waals surface area contributed by atoms with Crippen LogP contribution in [0.15, 0.2) is 18.2 Å². The second-order valence-corrected chi connectivity index (χ2v) is 5.62. The molecule has 0 aliphatic carbocycles. The highest BCUT2D eigenvalue weighted by Crippen LogP contribution is 2.36. The number of methoxy groups -OCH3 is 1. The number of phenols is 1. The van der Waals surface area contributed by atoms with Gasteiger partial charge in [-0.3, -0.25) is 9.59 Å². The van der Waals surface area contributed by atoms with Gasteiger partial charge in [0, 0.05) is 17.2 Å². The van der Waals surface area contributed by atoms with Crippen LogP contribution in [0.3, 0.4) is 0 Å². The Morgan fingerprint density at radius 1 is 1.35 bits per heavy atom. The van der Waals surface area contributed by atoms with Crippen LogP contribution >= 0.6 is 11.3 Å². The van der Waals surface area contributed by atoms with Crippen molar-refractivity contribution in [2.24, 2.45) is 5.92 Å². The zero-order chi connectivity index (χ0) is 14.9. The maximum absolute atomic E-state index is 12.0. The van der Waals surface area contributed by atoms with Crippen LogP contribution in [0, 0.1) is 5.92 Å². The van der Waals surface area contributed by atoms with E-state index < -0.39 is 11.9 Å². The van der Waals surface area contributed by atoms with Crippen molar-refractivity contribution in [1.82, 2.24) is 0 Å². The third kappa shape index (κ3) is 2.75. The monoisotopic (exact) mass is 294 g/mol. The lowest BCUT2D eigenvalue weighted by Gasteiger charge is -2.02. The number of carbonyl (C=O) groups is 2.